The van der Waals surface area contributed by atoms with Crippen molar-refractivity contribution in [1.29, 1.82) is 0 Å². The van der Waals surface area contributed by atoms with Crippen molar-refractivity contribution < 1.29 is 33.3 Å². The highest BCUT2D eigenvalue weighted by Crippen LogP contribution is 2.23. The second kappa shape index (κ2) is 7.34. The topological polar surface area (TPSA) is 88.1 Å². The number of methoxy groups -OCH3 is 1. The first-order chi connectivity index (χ1) is 10.9. The van der Waals surface area contributed by atoms with Crippen molar-refractivity contribution in [3.05, 3.63) is 35.9 Å². The summed E-state index contributed by atoms with van der Waals surface area (Å²) in [6.07, 6.45) is -4.22. The molecule has 1 fully saturated rings. The first-order valence-electron chi connectivity index (χ1n) is 7.09. The molecule has 7 heteroatoms. The standard InChI is InChI=1S/C16H18O7/c1-9-13(22-10(2)17)12(18)14(16(20-3)21-9)23-15(19)11-7-5-4-6-8-11/h4-9,13-14,16H,1-3H3/t9-,13+,14-,16-/m1/s1. The third-order valence-electron chi connectivity index (χ3n) is 3.35. The Balaban J connectivity index is 2.17. The average Bonchev–Trinajstić information content (AvgIpc) is 2.54. The number of carbonyl (C=O) groups is 3. The fourth-order valence-electron chi connectivity index (χ4n) is 2.26. The van der Waals surface area contributed by atoms with Gasteiger partial charge < -0.3 is 18.9 Å². The molecule has 0 radical (unpaired) electrons. The third-order valence-corrected chi connectivity index (χ3v) is 3.35. The van der Waals surface area contributed by atoms with Crippen molar-refractivity contribution in [2.75, 3.05) is 7.11 Å². The molecule has 0 unspecified atom stereocenters. The molecule has 124 valence electrons. The first-order valence-corrected chi connectivity index (χ1v) is 7.09. The number of hydrogen-bond donors (Lipinski definition) is 0. The van der Waals surface area contributed by atoms with Crippen LogP contribution in [-0.4, -0.2) is 49.4 Å². The Morgan fingerprint density at radius 3 is 2.30 bits per heavy atom. The molecular formula is C16H18O7. The average molecular weight is 322 g/mol. The van der Waals surface area contributed by atoms with Gasteiger partial charge >= 0.3 is 11.9 Å². The summed E-state index contributed by atoms with van der Waals surface area (Å²) in [6, 6.07) is 8.22. The molecule has 1 aromatic rings. The highest BCUT2D eigenvalue weighted by molar-refractivity contribution is 5.95. The second-order valence-corrected chi connectivity index (χ2v) is 5.07. The lowest BCUT2D eigenvalue weighted by molar-refractivity contribution is -0.242. The SMILES string of the molecule is CO[C@@H]1O[C@H](C)[C@H](OC(C)=O)C(=O)[C@H]1OC(=O)c1ccccc1. The van der Waals surface area contributed by atoms with Gasteiger partial charge in [-0.1, -0.05) is 18.2 Å². The molecule has 0 spiro atoms. The Kier molecular flexibility index (Phi) is 5.46. The van der Waals surface area contributed by atoms with E-state index in [1.807, 2.05) is 0 Å². The number of ether oxygens (including phenoxy) is 4. The van der Waals surface area contributed by atoms with Crippen LogP contribution < -0.4 is 0 Å². The van der Waals surface area contributed by atoms with Crippen LogP contribution in [0.25, 0.3) is 0 Å². The molecule has 0 bridgehead atoms. The van der Waals surface area contributed by atoms with E-state index in [1.165, 1.54) is 14.0 Å². The van der Waals surface area contributed by atoms with E-state index in [9.17, 15) is 14.4 Å². The van der Waals surface area contributed by atoms with Crippen molar-refractivity contribution in [1.82, 2.24) is 0 Å². The number of hydrogen-bond acceptors (Lipinski definition) is 7. The van der Waals surface area contributed by atoms with Gasteiger partial charge in [-0.05, 0) is 19.1 Å². The van der Waals surface area contributed by atoms with Crippen LogP contribution in [-0.2, 0) is 28.5 Å². The van der Waals surface area contributed by atoms with Gasteiger partial charge in [-0.3, -0.25) is 9.59 Å². The molecule has 0 amide bonds. The van der Waals surface area contributed by atoms with E-state index in [4.69, 9.17) is 18.9 Å². The zero-order chi connectivity index (χ0) is 17.0. The Morgan fingerprint density at radius 1 is 1.09 bits per heavy atom. The fraction of sp³-hybridized carbons (Fsp3) is 0.438. The number of esters is 2. The van der Waals surface area contributed by atoms with Gasteiger partial charge in [0.2, 0.25) is 18.2 Å². The normalized spacial score (nSPS) is 27.3. The summed E-state index contributed by atoms with van der Waals surface area (Å²) < 4.78 is 20.7. The summed E-state index contributed by atoms with van der Waals surface area (Å²) in [5.41, 5.74) is 0.290. The number of benzene rings is 1. The van der Waals surface area contributed by atoms with Crippen LogP contribution in [0, 0.1) is 0 Å². The van der Waals surface area contributed by atoms with Crippen molar-refractivity contribution in [3.8, 4) is 0 Å². The van der Waals surface area contributed by atoms with E-state index in [0.717, 1.165) is 0 Å². The summed E-state index contributed by atoms with van der Waals surface area (Å²) in [6.45, 7) is 2.76. The van der Waals surface area contributed by atoms with E-state index < -0.39 is 42.3 Å². The predicted molar refractivity (Wildman–Crippen MR) is 77.6 cm³/mol. The van der Waals surface area contributed by atoms with Gasteiger partial charge in [-0.15, -0.1) is 0 Å². The third kappa shape index (κ3) is 3.94. The zero-order valence-corrected chi connectivity index (χ0v) is 13.1. The maximum absolute atomic E-state index is 12.5. The van der Waals surface area contributed by atoms with Gasteiger partial charge in [-0.2, -0.15) is 0 Å². The van der Waals surface area contributed by atoms with Crippen LogP contribution in [0.4, 0.5) is 0 Å². The Bertz CT molecular complexity index is 583. The van der Waals surface area contributed by atoms with Crippen molar-refractivity contribution in [2.45, 2.75) is 38.4 Å². The maximum Gasteiger partial charge on any atom is 0.339 e. The van der Waals surface area contributed by atoms with Gasteiger partial charge in [0.05, 0.1) is 5.56 Å². The van der Waals surface area contributed by atoms with E-state index in [-0.39, 0.29) is 5.56 Å². The molecule has 0 aliphatic carbocycles. The molecule has 23 heavy (non-hydrogen) atoms. The van der Waals surface area contributed by atoms with Crippen LogP contribution in [0.5, 0.6) is 0 Å². The minimum absolute atomic E-state index is 0.290. The van der Waals surface area contributed by atoms with Crippen LogP contribution in [0.15, 0.2) is 30.3 Å². The van der Waals surface area contributed by atoms with Crippen LogP contribution in [0.3, 0.4) is 0 Å². The van der Waals surface area contributed by atoms with Gasteiger partial charge in [-0.25, -0.2) is 4.79 Å². The summed E-state index contributed by atoms with van der Waals surface area (Å²) in [4.78, 5) is 35.8. The van der Waals surface area contributed by atoms with E-state index >= 15 is 0 Å². The maximum atomic E-state index is 12.5. The second-order valence-electron chi connectivity index (χ2n) is 5.07. The molecule has 1 saturated heterocycles. The summed E-state index contributed by atoms with van der Waals surface area (Å²) >= 11 is 0. The summed E-state index contributed by atoms with van der Waals surface area (Å²) in [5.74, 6) is -1.89. The Morgan fingerprint density at radius 2 is 1.74 bits per heavy atom. The molecule has 1 aliphatic rings. The van der Waals surface area contributed by atoms with Gasteiger partial charge in [0.1, 0.15) is 6.10 Å². The van der Waals surface area contributed by atoms with E-state index in [2.05, 4.69) is 0 Å². The molecule has 0 aromatic heterocycles. The van der Waals surface area contributed by atoms with Crippen molar-refractivity contribution >= 4 is 17.7 Å². The predicted octanol–water partition coefficient (Wildman–Crippen LogP) is 1.10. The minimum atomic E-state index is -1.31. The molecule has 1 aliphatic heterocycles. The molecule has 7 nitrogen and oxygen atoms in total. The van der Waals surface area contributed by atoms with Crippen molar-refractivity contribution in [3.63, 3.8) is 0 Å². The number of rotatable bonds is 4. The summed E-state index contributed by atoms with van der Waals surface area (Å²) in [7, 11) is 1.33. The molecular weight excluding hydrogens is 304 g/mol. The molecule has 2 rings (SSSR count). The largest absolute Gasteiger partial charge is 0.452 e. The molecule has 1 aromatic carbocycles. The zero-order valence-electron chi connectivity index (χ0n) is 13.1. The van der Waals surface area contributed by atoms with E-state index in [0.29, 0.717) is 0 Å². The van der Waals surface area contributed by atoms with Gasteiger partial charge in [0.15, 0.2) is 6.10 Å². The Labute approximate surface area is 133 Å². The highest BCUT2D eigenvalue weighted by Gasteiger charge is 2.47. The number of Topliss-reactive ketones (excluding diaryl/α,β-unsaturated/α-hetero) is 1. The fourth-order valence-corrected chi connectivity index (χ4v) is 2.26. The lowest BCUT2D eigenvalue weighted by Crippen LogP contribution is -2.57. The molecule has 1 heterocycles. The lowest BCUT2D eigenvalue weighted by Gasteiger charge is -2.36. The van der Waals surface area contributed by atoms with E-state index in [1.54, 1.807) is 37.3 Å². The smallest absolute Gasteiger partial charge is 0.339 e. The molecule has 0 saturated carbocycles. The van der Waals surface area contributed by atoms with Crippen LogP contribution in [0.2, 0.25) is 0 Å². The number of carbonyl (C=O) groups excluding carboxylic acids is 3. The Hall–Kier alpha value is -2.25. The quantitative estimate of drug-likeness (QED) is 0.767. The lowest BCUT2D eigenvalue weighted by atomic mass is 10.0. The minimum Gasteiger partial charge on any atom is -0.452 e. The first kappa shape index (κ1) is 17.1. The monoisotopic (exact) mass is 322 g/mol. The number of ketones is 1. The molecule has 0 N–H and O–H groups in total. The summed E-state index contributed by atoms with van der Waals surface area (Å²) in [5, 5.41) is 0. The van der Waals surface area contributed by atoms with Crippen molar-refractivity contribution in [2.24, 2.45) is 0 Å². The molecule has 4 atom stereocenters. The van der Waals surface area contributed by atoms with Crippen LogP contribution in [0.1, 0.15) is 24.2 Å². The van der Waals surface area contributed by atoms with Gasteiger partial charge in [0, 0.05) is 14.0 Å². The van der Waals surface area contributed by atoms with Crippen LogP contribution >= 0.6 is 0 Å². The highest BCUT2D eigenvalue weighted by atomic mass is 16.7. The van der Waals surface area contributed by atoms with Gasteiger partial charge in [0.25, 0.3) is 0 Å².